The Morgan fingerprint density at radius 2 is 1.56 bits per heavy atom. The minimum atomic E-state index is -3.33. The standard InChI is InChI=1S/C30H36F2N4O4S/c1-3-4-15-36(27-19-23(31)18-24(32)20-27)30(37)33-25-13-16-35(17-14-25)21-22-5-9-28(10-6-22)40-29-11-7-26(8-12-29)34-41(2,38)39/h5-12,18-20,25,34H,3-4,13-17,21H2,1-2H3,(H,33,37). The first-order valence-electron chi connectivity index (χ1n) is 13.7. The monoisotopic (exact) mass is 586 g/mol. The topological polar surface area (TPSA) is 91.0 Å². The lowest BCUT2D eigenvalue weighted by molar-refractivity contribution is 0.188. The third kappa shape index (κ3) is 9.43. The first kappa shape index (κ1) is 30.3. The maximum absolute atomic E-state index is 13.8. The fraction of sp³-hybridized carbons (Fsp3) is 0.367. The number of nitrogens with one attached hydrogen (secondary N) is 2. The van der Waals surface area contributed by atoms with Crippen LogP contribution in [0, 0.1) is 11.6 Å². The molecule has 0 atom stereocenters. The molecule has 1 aliphatic heterocycles. The molecule has 1 heterocycles. The van der Waals surface area contributed by atoms with E-state index in [4.69, 9.17) is 4.74 Å². The van der Waals surface area contributed by atoms with Gasteiger partial charge in [-0.15, -0.1) is 0 Å². The Bertz CT molecular complexity index is 1390. The Morgan fingerprint density at radius 3 is 2.12 bits per heavy atom. The molecule has 0 aliphatic carbocycles. The van der Waals surface area contributed by atoms with E-state index in [0.717, 1.165) is 63.2 Å². The summed E-state index contributed by atoms with van der Waals surface area (Å²) < 4.78 is 58.6. The van der Waals surface area contributed by atoms with E-state index in [0.29, 0.717) is 23.7 Å². The van der Waals surface area contributed by atoms with Gasteiger partial charge in [-0.3, -0.25) is 14.5 Å². The van der Waals surface area contributed by atoms with E-state index in [1.165, 1.54) is 17.0 Å². The zero-order chi connectivity index (χ0) is 29.4. The molecule has 1 fully saturated rings. The molecule has 0 radical (unpaired) electrons. The average molecular weight is 587 g/mol. The van der Waals surface area contributed by atoms with Crippen LogP contribution >= 0.6 is 0 Å². The number of carbonyl (C=O) groups is 1. The Hall–Kier alpha value is -3.70. The number of ether oxygens (including phenoxy) is 1. The number of piperidine rings is 1. The van der Waals surface area contributed by atoms with Gasteiger partial charge in [0.25, 0.3) is 0 Å². The van der Waals surface area contributed by atoms with Gasteiger partial charge in [0.15, 0.2) is 0 Å². The lowest BCUT2D eigenvalue weighted by Gasteiger charge is -2.34. The third-order valence-electron chi connectivity index (χ3n) is 6.78. The van der Waals surface area contributed by atoms with E-state index in [-0.39, 0.29) is 17.8 Å². The maximum Gasteiger partial charge on any atom is 0.322 e. The van der Waals surface area contributed by atoms with Crippen molar-refractivity contribution in [3.8, 4) is 11.5 Å². The summed E-state index contributed by atoms with van der Waals surface area (Å²) in [5.41, 5.74) is 1.82. The molecule has 8 nitrogen and oxygen atoms in total. The number of sulfonamides is 1. The van der Waals surface area contributed by atoms with E-state index < -0.39 is 21.7 Å². The second-order valence-electron chi connectivity index (χ2n) is 10.3. The van der Waals surface area contributed by atoms with Crippen molar-refractivity contribution in [3.05, 3.63) is 83.9 Å². The molecule has 41 heavy (non-hydrogen) atoms. The molecule has 0 saturated carbocycles. The number of anilines is 2. The molecule has 3 aromatic carbocycles. The Balaban J connectivity index is 1.25. The van der Waals surface area contributed by atoms with Crippen molar-refractivity contribution >= 4 is 27.4 Å². The highest BCUT2D eigenvalue weighted by Crippen LogP contribution is 2.25. The highest BCUT2D eigenvalue weighted by atomic mass is 32.2. The summed E-state index contributed by atoms with van der Waals surface area (Å²) in [4.78, 5) is 16.8. The van der Waals surface area contributed by atoms with E-state index in [1.54, 1.807) is 24.3 Å². The average Bonchev–Trinajstić information content (AvgIpc) is 2.91. The molecule has 2 amide bonds. The SMILES string of the molecule is CCCCN(C(=O)NC1CCN(Cc2ccc(Oc3ccc(NS(C)(=O)=O)cc3)cc2)CC1)c1cc(F)cc(F)c1. The number of carbonyl (C=O) groups excluding carboxylic acids is 1. The smallest absolute Gasteiger partial charge is 0.322 e. The van der Waals surface area contributed by atoms with Gasteiger partial charge < -0.3 is 10.1 Å². The second kappa shape index (κ2) is 13.8. The van der Waals surface area contributed by atoms with Gasteiger partial charge in [0.05, 0.1) is 11.9 Å². The van der Waals surface area contributed by atoms with Gasteiger partial charge >= 0.3 is 6.03 Å². The summed E-state index contributed by atoms with van der Waals surface area (Å²) in [5, 5.41) is 3.06. The van der Waals surface area contributed by atoms with E-state index in [9.17, 15) is 22.0 Å². The van der Waals surface area contributed by atoms with E-state index in [1.807, 2.05) is 31.2 Å². The largest absolute Gasteiger partial charge is 0.457 e. The highest BCUT2D eigenvalue weighted by Gasteiger charge is 2.24. The molecular weight excluding hydrogens is 550 g/mol. The van der Waals surface area contributed by atoms with Crippen molar-refractivity contribution in [3.63, 3.8) is 0 Å². The number of urea groups is 1. The zero-order valence-electron chi connectivity index (χ0n) is 23.3. The molecule has 3 aromatic rings. The van der Waals surface area contributed by atoms with Crippen LogP contribution < -0.4 is 19.7 Å². The van der Waals surface area contributed by atoms with Crippen molar-refractivity contribution in [2.24, 2.45) is 0 Å². The number of rotatable bonds is 11. The number of nitrogens with zero attached hydrogens (tertiary/aromatic N) is 2. The number of halogens is 2. The summed E-state index contributed by atoms with van der Waals surface area (Å²) in [6.07, 6.45) is 4.23. The molecular formula is C30H36F2N4O4S. The van der Waals surface area contributed by atoms with Crippen LogP contribution in [0.3, 0.4) is 0 Å². The molecule has 220 valence electrons. The van der Waals surface area contributed by atoms with Gasteiger partial charge in [-0.25, -0.2) is 22.0 Å². The van der Waals surface area contributed by atoms with Crippen LogP contribution in [0.2, 0.25) is 0 Å². The maximum atomic E-state index is 13.8. The second-order valence-corrected chi connectivity index (χ2v) is 12.0. The molecule has 0 bridgehead atoms. The van der Waals surface area contributed by atoms with E-state index >= 15 is 0 Å². The number of unbranched alkanes of at least 4 members (excludes halogenated alkanes) is 1. The van der Waals surface area contributed by atoms with Crippen LogP contribution in [0.15, 0.2) is 66.7 Å². The Kier molecular flexibility index (Phi) is 10.2. The summed E-state index contributed by atoms with van der Waals surface area (Å²) >= 11 is 0. The van der Waals surface area contributed by atoms with Gasteiger partial charge in [-0.2, -0.15) is 0 Å². The van der Waals surface area contributed by atoms with Gasteiger partial charge in [0.2, 0.25) is 10.0 Å². The first-order chi connectivity index (χ1) is 19.6. The lowest BCUT2D eigenvalue weighted by Crippen LogP contribution is -2.49. The zero-order valence-corrected chi connectivity index (χ0v) is 24.1. The van der Waals surface area contributed by atoms with Crippen LogP contribution in [0.25, 0.3) is 0 Å². The summed E-state index contributed by atoms with van der Waals surface area (Å²) in [5.74, 6) is -0.151. The molecule has 2 N–H and O–H groups in total. The molecule has 1 aliphatic rings. The molecule has 0 aromatic heterocycles. The van der Waals surface area contributed by atoms with Crippen LogP contribution in [0.4, 0.5) is 25.0 Å². The Morgan fingerprint density at radius 1 is 0.976 bits per heavy atom. The fourth-order valence-corrected chi connectivity index (χ4v) is 5.27. The number of hydrogen-bond donors (Lipinski definition) is 2. The molecule has 0 unspecified atom stereocenters. The van der Waals surface area contributed by atoms with Crippen LogP contribution in [0.5, 0.6) is 11.5 Å². The van der Waals surface area contributed by atoms with Crippen LogP contribution in [-0.4, -0.2) is 51.3 Å². The normalized spacial score (nSPS) is 14.4. The summed E-state index contributed by atoms with van der Waals surface area (Å²) in [6, 6.07) is 17.3. The third-order valence-corrected chi connectivity index (χ3v) is 7.38. The van der Waals surface area contributed by atoms with Gasteiger partial charge in [0, 0.05) is 44.0 Å². The van der Waals surface area contributed by atoms with Crippen LogP contribution in [0.1, 0.15) is 38.2 Å². The van der Waals surface area contributed by atoms with Gasteiger partial charge in [0.1, 0.15) is 23.1 Å². The number of hydrogen-bond acceptors (Lipinski definition) is 5. The predicted molar refractivity (Wildman–Crippen MR) is 157 cm³/mol. The van der Waals surface area contributed by atoms with Crippen molar-refractivity contribution in [2.45, 2.75) is 45.2 Å². The molecule has 4 rings (SSSR count). The summed E-state index contributed by atoms with van der Waals surface area (Å²) in [6.45, 7) is 4.76. The minimum Gasteiger partial charge on any atom is -0.457 e. The van der Waals surface area contributed by atoms with Crippen molar-refractivity contribution in [1.82, 2.24) is 10.2 Å². The van der Waals surface area contributed by atoms with Gasteiger partial charge in [-0.1, -0.05) is 25.5 Å². The molecule has 11 heteroatoms. The van der Waals surface area contributed by atoms with Crippen molar-refractivity contribution in [2.75, 3.05) is 35.5 Å². The fourth-order valence-electron chi connectivity index (χ4n) is 4.71. The minimum absolute atomic E-state index is 0.0175. The molecule has 1 saturated heterocycles. The van der Waals surface area contributed by atoms with Gasteiger partial charge in [-0.05, 0) is 73.4 Å². The van der Waals surface area contributed by atoms with Crippen LogP contribution in [-0.2, 0) is 16.6 Å². The summed E-state index contributed by atoms with van der Waals surface area (Å²) in [7, 11) is -3.33. The highest BCUT2D eigenvalue weighted by molar-refractivity contribution is 7.92. The quantitative estimate of drug-likeness (QED) is 0.283. The van der Waals surface area contributed by atoms with Crippen molar-refractivity contribution in [1.29, 1.82) is 0 Å². The van der Waals surface area contributed by atoms with E-state index in [2.05, 4.69) is 14.9 Å². The van der Waals surface area contributed by atoms with Crippen molar-refractivity contribution < 1.29 is 26.7 Å². The Labute approximate surface area is 240 Å². The molecule has 0 spiro atoms. The number of likely N-dealkylation sites (tertiary alicyclic amines) is 1. The number of benzene rings is 3. The first-order valence-corrected chi connectivity index (χ1v) is 15.6. The number of amides is 2. The lowest BCUT2D eigenvalue weighted by atomic mass is 10.0. The predicted octanol–water partition coefficient (Wildman–Crippen LogP) is 6.11.